The van der Waals surface area contributed by atoms with Gasteiger partial charge in [-0.1, -0.05) is 12.1 Å². The van der Waals surface area contributed by atoms with Crippen LogP contribution >= 0.6 is 0 Å². The smallest absolute Gasteiger partial charge is 0.224 e. The molecule has 1 amide bonds. The van der Waals surface area contributed by atoms with Crippen molar-refractivity contribution in [1.82, 2.24) is 15.3 Å². The second kappa shape index (κ2) is 6.79. The van der Waals surface area contributed by atoms with E-state index < -0.39 is 0 Å². The van der Waals surface area contributed by atoms with Crippen LogP contribution in [0.2, 0.25) is 0 Å². The fraction of sp³-hybridized carbons (Fsp3) is 0.500. The van der Waals surface area contributed by atoms with Crippen molar-refractivity contribution in [3.05, 3.63) is 24.3 Å². The predicted octanol–water partition coefficient (Wildman–Crippen LogP) is 1.54. The second-order valence-corrected chi connectivity index (χ2v) is 5.65. The number of ether oxygens (including phenoxy) is 1. The Morgan fingerprint density at radius 2 is 2.36 bits per heavy atom. The zero-order valence-electron chi connectivity index (χ0n) is 12.8. The molecular weight excluding hydrogens is 280 g/mol. The van der Waals surface area contributed by atoms with Gasteiger partial charge in [0.15, 0.2) is 0 Å². The van der Waals surface area contributed by atoms with Crippen molar-refractivity contribution < 1.29 is 9.53 Å². The van der Waals surface area contributed by atoms with Crippen LogP contribution in [0.4, 0.5) is 5.95 Å². The molecule has 1 fully saturated rings. The van der Waals surface area contributed by atoms with E-state index in [9.17, 15) is 4.79 Å². The van der Waals surface area contributed by atoms with Crippen molar-refractivity contribution in [3.63, 3.8) is 0 Å². The van der Waals surface area contributed by atoms with E-state index in [1.165, 1.54) is 0 Å². The lowest BCUT2D eigenvalue weighted by molar-refractivity contribution is -0.125. The third-order valence-corrected chi connectivity index (χ3v) is 4.07. The molecule has 1 aromatic carbocycles. The van der Waals surface area contributed by atoms with Crippen LogP contribution in [0.5, 0.6) is 0 Å². The first-order valence-corrected chi connectivity index (χ1v) is 7.74. The molecule has 0 saturated carbocycles. The number of rotatable bonds is 5. The van der Waals surface area contributed by atoms with E-state index in [2.05, 4.69) is 20.2 Å². The van der Waals surface area contributed by atoms with E-state index in [0.29, 0.717) is 19.7 Å². The summed E-state index contributed by atoms with van der Waals surface area (Å²) in [5, 5.41) is 2.93. The predicted molar refractivity (Wildman–Crippen MR) is 85.9 cm³/mol. The second-order valence-electron chi connectivity index (χ2n) is 5.65. The number of aromatic amines is 1. The number of hydrogen-bond donors (Lipinski definition) is 2. The molecule has 22 heavy (non-hydrogen) atoms. The van der Waals surface area contributed by atoms with Gasteiger partial charge in [0.2, 0.25) is 11.9 Å². The normalized spacial score (nSPS) is 18.6. The fourth-order valence-electron chi connectivity index (χ4n) is 2.89. The Morgan fingerprint density at radius 3 is 3.18 bits per heavy atom. The van der Waals surface area contributed by atoms with E-state index >= 15 is 0 Å². The van der Waals surface area contributed by atoms with Gasteiger partial charge in [-0.3, -0.25) is 4.79 Å². The van der Waals surface area contributed by atoms with Crippen LogP contribution in [0.1, 0.15) is 12.8 Å². The molecule has 3 rings (SSSR count). The Kier molecular flexibility index (Phi) is 4.58. The van der Waals surface area contributed by atoms with Gasteiger partial charge < -0.3 is 19.9 Å². The van der Waals surface area contributed by atoms with Crippen molar-refractivity contribution in [2.75, 3.05) is 38.3 Å². The monoisotopic (exact) mass is 302 g/mol. The number of hydrogen-bond acceptors (Lipinski definition) is 4. The number of anilines is 1. The minimum absolute atomic E-state index is 0.0128. The van der Waals surface area contributed by atoms with E-state index in [-0.39, 0.29) is 11.8 Å². The number of H-pyrrole nitrogens is 1. The van der Waals surface area contributed by atoms with Crippen LogP contribution in [-0.2, 0) is 9.53 Å². The van der Waals surface area contributed by atoms with Gasteiger partial charge in [0.25, 0.3) is 0 Å². The van der Waals surface area contributed by atoms with Gasteiger partial charge in [-0.25, -0.2) is 4.98 Å². The Hall–Kier alpha value is -2.08. The van der Waals surface area contributed by atoms with Crippen LogP contribution in [0.15, 0.2) is 24.3 Å². The molecule has 1 aliphatic heterocycles. The molecule has 1 saturated heterocycles. The van der Waals surface area contributed by atoms with Crippen LogP contribution in [-0.4, -0.2) is 49.2 Å². The third kappa shape index (κ3) is 3.22. The van der Waals surface area contributed by atoms with Crippen LogP contribution in [0, 0.1) is 5.92 Å². The number of methoxy groups -OCH3 is 1. The van der Waals surface area contributed by atoms with Gasteiger partial charge in [0.05, 0.1) is 23.6 Å². The zero-order valence-corrected chi connectivity index (χ0v) is 12.8. The lowest BCUT2D eigenvalue weighted by Crippen LogP contribution is -2.44. The SMILES string of the molecule is COCCNC(=O)[C@H]1CCCN(c2nc3ccccc3[nH]2)C1. The van der Waals surface area contributed by atoms with Gasteiger partial charge in [-0.2, -0.15) is 0 Å². The van der Waals surface area contributed by atoms with Gasteiger partial charge in [0, 0.05) is 26.7 Å². The number of nitrogens with zero attached hydrogens (tertiary/aromatic N) is 2. The highest BCUT2D eigenvalue weighted by Gasteiger charge is 2.27. The molecule has 2 aromatic rings. The summed E-state index contributed by atoms with van der Waals surface area (Å²) in [5.74, 6) is 0.979. The summed E-state index contributed by atoms with van der Waals surface area (Å²) in [4.78, 5) is 22.3. The maximum atomic E-state index is 12.2. The average molecular weight is 302 g/mol. The topological polar surface area (TPSA) is 70.2 Å². The highest BCUT2D eigenvalue weighted by atomic mass is 16.5. The van der Waals surface area contributed by atoms with Crippen molar-refractivity contribution in [1.29, 1.82) is 0 Å². The molecule has 6 heteroatoms. The molecule has 0 unspecified atom stereocenters. The summed E-state index contributed by atoms with van der Waals surface area (Å²) < 4.78 is 4.96. The lowest BCUT2D eigenvalue weighted by atomic mass is 9.97. The van der Waals surface area contributed by atoms with Crippen LogP contribution in [0.25, 0.3) is 11.0 Å². The molecule has 6 nitrogen and oxygen atoms in total. The summed E-state index contributed by atoms with van der Waals surface area (Å²) in [6.07, 6.45) is 1.93. The summed E-state index contributed by atoms with van der Waals surface area (Å²) in [5.41, 5.74) is 1.99. The van der Waals surface area contributed by atoms with E-state index in [4.69, 9.17) is 4.74 Å². The number of carbonyl (C=O) groups excluding carboxylic acids is 1. The minimum Gasteiger partial charge on any atom is -0.383 e. The zero-order chi connectivity index (χ0) is 15.4. The Bertz CT molecular complexity index is 607. The number of nitrogens with one attached hydrogen (secondary N) is 2. The maximum Gasteiger partial charge on any atom is 0.224 e. The number of benzene rings is 1. The number of amides is 1. The van der Waals surface area contributed by atoms with Crippen molar-refractivity contribution in [2.45, 2.75) is 12.8 Å². The first kappa shape index (κ1) is 14.8. The van der Waals surface area contributed by atoms with Crippen LogP contribution in [0.3, 0.4) is 0 Å². The standard InChI is InChI=1S/C16H22N4O2/c1-22-10-8-17-15(21)12-5-4-9-20(11-12)16-18-13-6-2-3-7-14(13)19-16/h2-3,6-7,12H,4-5,8-11H2,1H3,(H,17,21)(H,18,19)/t12-/m0/s1. The summed E-state index contributed by atoms with van der Waals surface area (Å²) >= 11 is 0. The Balaban J connectivity index is 1.66. The van der Waals surface area contributed by atoms with Crippen molar-refractivity contribution >= 4 is 22.9 Å². The van der Waals surface area contributed by atoms with E-state index in [1.54, 1.807) is 7.11 Å². The number of aromatic nitrogens is 2. The minimum atomic E-state index is 0.0128. The lowest BCUT2D eigenvalue weighted by Gasteiger charge is -2.31. The molecule has 0 aliphatic carbocycles. The van der Waals surface area contributed by atoms with Crippen molar-refractivity contribution in [2.24, 2.45) is 5.92 Å². The summed E-state index contributed by atoms with van der Waals surface area (Å²) in [6.45, 7) is 2.75. The van der Waals surface area contributed by atoms with Gasteiger partial charge >= 0.3 is 0 Å². The summed E-state index contributed by atoms with van der Waals surface area (Å²) in [7, 11) is 1.63. The number of carbonyl (C=O) groups is 1. The molecule has 0 radical (unpaired) electrons. The van der Waals surface area contributed by atoms with E-state index in [1.807, 2.05) is 24.3 Å². The summed E-state index contributed by atoms with van der Waals surface area (Å²) in [6, 6.07) is 7.99. The number of imidazole rings is 1. The molecule has 1 aromatic heterocycles. The van der Waals surface area contributed by atoms with Gasteiger partial charge in [0.1, 0.15) is 0 Å². The quantitative estimate of drug-likeness (QED) is 0.822. The third-order valence-electron chi connectivity index (χ3n) is 4.07. The number of fused-ring (bicyclic) bond motifs is 1. The first-order chi connectivity index (χ1) is 10.8. The molecule has 1 aliphatic rings. The molecule has 0 spiro atoms. The van der Waals surface area contributed by atoms with Crippen molar-refractivity contribution in [3.8, 4) is 0 Å². The number of piperidine rings is 1. The molecule has 118 valence electrons. The molecule has 2 N–H and O–H groups in total. The maximum absolute atomic E-state index is 12.2. The highest BCUT2D eigenvalue weighted by Crippen LogP contribution is 2.23. The van der Waals surface area contributed by atoms with Gasteiger partial charge in [-0.05, 0) is 25.0 Å². The largest absolute Gasteiger partial charge is 0.383 e. The van der Waals surface area contributed by atoms with Crippen LogP contribution < -0.4 is 10.2 Å². The molecule has 1 atom stereocenters. The number of para-hydroxylation sites is 2. The first-order valence-electron chi connectivity index (χ1n) is 7.74. The average Bonchev–Trinajstić information content (AvgIpc) is 2.99. The highest BCUT2D eigenvalue weighted by molar-refractivity contribution is 5.80. The Labute approximate surface area is 129 Å². The molecule has 0 bridgehead atoms. The Morgan fingerprint density at radius 1 is 1.50 bits per heavy atom. The molecule has 2 heterocycles. The fourth-order valence-corrected chi connectivity index (χ4v) is 2.89. The van der Waals surface area contributed by atoms with E-state index in [0.717, 1.165) is 36.4 Å². The molecular formula is C16H22N4O2. The van der Waals surface area contributed by atoms with Gasteiger partial charge in [-0.15, -0.1) is 0 Å².